The number of fused-ring (bicyclic) bond motifs is 2. The Morgan fingerprint density at radius 1 is 1.02 bits per heavy atom. The molecule has 0 radical (unpaired) electrons. The first kappa shape index (κ1) is 29.0. The Morgan fingerprint density at radius 3 is 2.58 bits per heavy atom. The molecule has 0 aliphatic heterocycles. The van der Waals surface area contributed by atoms with Crippen LogP contribution in [0, 0.1) is 5.82 Å². The third kappa shape index (κ3) is 5.42. The van der Waals surface area contributed by atoms with Gasteiger partial charge in [0, 0.05) is 18.7 Å². The lowest BCUT2D eigenvalue weighted by Gasteiger charge is -2.15. The van der Waals surface area contributed by atoms with Gasteiger partial charge in [-0.25, -0.2) is 14.2 Å². The molecule has 6 rings (SSSR count). The highest BCUT2D eigenvalue weighted by Crippen LogP contribution is 2.32. The number of nitrogens with one attached hydrogen (secondary N) is 3. The maximum atomic E-state index is 14.4. The molecule has 15 heteroatoms. The summed E-state index contributed by atoms with van der Waals surface area (Å²) in [6, 6.07) is 9.65. The van der Waals surface area contributed by atoms with E-state index >= 15 is 0 Å². The maximum Gasteiger partial charge on any atom is 0.335 e. The number of benzene rings is 2. The standard InChI is InChI=1S/C30H24FN7O7/c31-18-5-1-13(7-16(18)11-33-24-23(32)25(40)26(24)41)10-34-27(42)20-9-21(38-12-22(39)37-30(38)36-20)28(43)35-19-6-3-14-8-15(29(44)45)2-4-17(14)19/h1-2,4-5,7-9,12,19,33,39H,3,6,10-11,32H2,(H,34,42)(H,35,43)(H,44,45)/t19-/m0/s1. The molecule has 1 aliphatic rings. The van der Waals surface area contributed by atoms with E-state index in [9.17, 15) is 38.6 Å². The minimum Gasteiger partial charge on any atom is -0.492 e. The molecule has 1 atom stereocenters. The quantitative estimate of drug-likeness (QED) is 0.131. The molecule has 14 nitrogen and oxygen atoms in total. The van der Waals surface area contributed by atoms with E-state index in [1.54, 1.807) is 12.1 Å². The molecular formula is C30H24FN7O7. The van der Waals surface area contributed by atoms with Crippen molar-refractivity contribution in [1.29, 1.82) is 0 Å². The minimum atomic E-state index is -1.05. The van der Waals surface area contributed by atoms with Gasteiger partial charge < -0.3 is 31.9 Å². The number of rotatable bonds is 9. The fraction of sp³-hybridized carbons (Fsp3) is 0.167. The first-order chi connectivity index (χ1) is 21.5. The fourth-order valence-electron chi connectivity index (χ4n) is 5.29. The molecule has 228 valence electrons. The Balaban J connectivity index is 1.18. The summed E-state index contributed by atoms with van der Waals surface area (Å²) in [5.41, 5.74) is 5.85. The van der Waals surface area contributed by atoms with Crippen molar-refractivity contribution in [1.82, 2.24) is 25.0 Å². The fourth-order valence-corrected chi connectivity index (χ4v) is 5.29. The Hall–Kier alpha value is -6.12. The van der Waals surface area contributed by atoms with E-state index in [1.807, 2.05) is 0 Å². The van der Waals surface area contributed by atoms with E-state index in [-0.39, 0.29) is 52.8 Å². The number of carboxylic acids is 1. The number of nitrogens with two attached hydrogens (primary N) is 1. The second-order valence-electron chi connectivity index (χ2n) is 10.5. The predicted molar refractivity (Wildman–Crippen MR) is 157 cm³/mol. The van der Waals surface area contributed by atoms with E-state index in [2.05, 4.69) is 25.9 Å². The number of aromatic carboxylic acids is 1. The Bertz CT molecular complexity index is 2120. The van der Waals surface area contributed by atoms with Crippen LogP contribution >= 0.6 is 0 Å². The molecule has 45 heavy (non-hydrogen) atoms. The number of carbonyl (C=O) groups excluding carboxylic acids is 2. The molecule has 2 amide bonds. The summed E-state index contributed by atoms with van der Waals surface area (Å²) < 4.78 is 15.6. The number of halogens is 1. The normalized spacial score (nSPS) is 13.9. The number of aromatic hydroxyl groups is 1. The topological polar surface area (TPSA) is 218 Å². The second-order valence-corrected chi connectivity index (χ2v) is 10.5. The third-order valence-electron chi connectivity index (χ3n) is 7.63. The van der Waals surface area contributed by atoms with Gasteiger partial charge in [0.2, 0.25) is 11.7 Å². The van der Waals surface area contributed by atoms with Crippen molar-refractivity contribution < 1.29 is 29.0 Å². The van der Waals surface area contributed by atoms with Gasteiger partial charge in [-0.2, -0.15) is 4.98 Å². The van der Waals surface area contributed by atoms with Crippen LogP contribution in [0.4, 0.5) is 15.8 Å². The largest absolute Gasteiger partial charge is 0.492 e. The van der Waals surface area contributed by atoms with Gasteiger partial charge in [-0.1, -0.05) is 12.1 Å². The highest BCUT2D eigenvalue weighted by molar-refractivity contribution is 5.98. The van der Waals surface area contributed by atoms with Crippen LogP contribution in [-0.2, 0) is 19.5 Å². The van der Waals surface area contributed by atoms with Gasteiger partial charge in [-0.05, 0) is 59.9 Å². The Labute approximate surface area is 252 Å². The van der Waals surface area contributed by atoms with Crippen LogP contribution in [0.2, 0.25) is 0 Å². The summed E-state index contributed by atoms with van der Waals surface area (Å²) in [6.45, 7) is -0.186. The van der Waals surface area contributed by atoms with Crippen LogP contribution in [0.1, 0.15) is 66.1 Å². The van der Waals surface area contributed by atoms with Crippen molar-refractivity contribution in [3.05, 3.63) is 114 Å². The zero-order valence-corrected chi connectivity index (χ0v) is 23.3. The van der Waals surface area contributed by atoms with Crippen molar-refractivity contribution in [3.63, 3.8) is 0 Å². The molecule has 0 bridgehead atoms. The molecule has 3 aromatic carbocycles. The molecule has 7 N–H and O–H groups in total. The highest BCUT2D eigenvalue weighted by atomic mass is 19.1. The maximum absolute atomic E-state index is 14.4. The average molecular weight is 614 g/mol. The van der Waals surface area contributed by atoms with E-state index in [1.165, 1.54) is 40.9 Å². The number of aromatic nitrogens is 3. The summed E-state index contributed by atoms with van der Waals surface area (Å²) >= 11 is 0. The number of amides is 2. The number of anilines is 2. The number of aryl methyl sites for hydroxylation is 1. The SMILES string of the molecule is Nc1c(NCc2cc(CNC(=O)c3cc(C(=O)N[C@H]4CCc5cc(C(=O)O)ccc54)n4cc(O)nc4n3)ccc2F)c(=O)c1=O. The van der Waals surface area contributed by atoms with Crippen molar-refractivity contribution in [3.8, 4) is 5.88 Å². The monoisotopic (exact) mass is 613 g/mol. The molecular weight excluding hydrogens is 589 g/mol. The predicted octanol–water partition coefficient (Wildman–Crippen LogP) is 1.41. The number of nitrogens with zero attached hydrogens (tertiary/aromatic N) is 3. The molecule has 0 unspecified atom stereocenters. The van der Waals surface area contributed by atoms with Gasteiger partial charge >= 0.3 is 5.97 Å². The van der Waals surface area contributed by atoms with Gasteiger partial charge in [0.25, 0.3) is 22.7 Å². The lowest BCUT2D eigenvalue weighted by atomic mass is 10.0. The second kappa shape index (κ2) is 11.2. The van der Waals surface area contributed by atoms with Crippen LogP contribution < -0.4 is 32.5 Å². The zero-order valence-electron chi connectivity index (χ0n) is 23.3. The molecule has 0 saturated carbocycles. The summed E-state index contributed by atoms with van der Waals surface area (Å²) in [4.78, 5) is 68.8. The summed E-state index contributed by atoms with van der Waals surface area (Å²) in [6.07, 6.45) is 2.29. The van der Waals surface area contributed by atoms with Crippen LogP contribution in [0.3, 0.4) is 0 Å². The first-order valence-electron chi connectivity index (χ1n) is 13.6. The van der Waals surface area contributed by atoms with Crippen LogP contribution in [0.5, 0.6) is 5.88 Å². The number of imidazole rings is 1. The van der Waals surface area contributed by atoms with Gasteiger partial charge in [0.15, 0.2) is 0 Å². The van der Waals surface area contributed by atoms with Gasteiger partial charge in [0.1, 0.15) is 28.6 Å². The third-order valence-corrected chi connectivity index (χ3v) is 7.63. The van der Waals surface area contributed by atoms with Crippen molar-refractivity contribution in [2.45, 2.75) is 32.0 Å². The van der Waals surface area contributed by atoms with Gasteiger partial charge in [0.05, 0.1) is 17.8 Å². The lowest BCUT2D eigenvalue weighted by Crippen LogP contribution is -2.37. The lowest BCUT2D eigenvalue weighted by molar-refractivity contribution is 0.0696. The van der Waals surface area contributed by atoms with E-state index in [0.29, 0.717) is 18.4 Å². The molecule has 1 aliphatic carbocycles. The molecule has 5 aromatic rings. The van der Waals surface area contributed by atoms with Crippen LogP contribution in [0.15, 0.2) is 58.3 Å². The van der Waals surface area contributed by atoms with E-state index in [0.717, 1.165) is 11.1 Å². The molecule has 0 fully saturated rings. The number of hydrogen-bond acceptors (Lipinski definition) is 10. The number of carboxylic acid groups (broad SMARTS) is 1. The van der Waals surface area contributed by atoms with Crippen LogP contribution in [-0.4, -0.2) is 42.4 Å². The van der Waals surface area contributed by atoms with Crippen molar-refractivity contribution >= 4 is 34.9 Å². The van der Waals surface area contributed by atoms with Crippen molar-refractivity contribution in [2.24, 2.45) is 0 Å². The van der Waals surface area contributed by atoms with Gasteiger partial charge in [-0.15, -0.1) is 0 Å². The highest BCUT2D eigenvalue weighted by Gasteiger charge is 2.27. The summed E-state index contributed by atoms with van der Waals surface area (Å²) in [5.74, 6) is -3.40. The number of carbonyl (C=O) groups is 3. The average Bonchev–Trinajstić information content (AvgIpc) is 3.61. The van der Waals surface area contributed by atoms with E-state index < -0.39 is 46.4 Å². The Kier molecular flexibility index (Phi) is 7.20. The van der Waals surface area contributed by atoms with Crippen LogP contribution in [0.25, 0.3) is 5.78 Å². The molecule has 0 spiro atoms. The van der Waals surface area contributed by atoms with Crippen molar-refractivity contribution in [2.75, 3.05) is 11.1 Å². The zero-order chi connectivity index (χ0) is 32.0. The molecule has 0 saturated heterocycles. The number of nitrogen functional groups attached to an aromatic ring is 1. The smallest absolute Gasteiger partial charge is 0.335 e. The summed E-state index contributed by atoms with van der Waals surface area (Å²) in [7, 11) is 0. The molecule has 2 heterocycles. The number of hydrogen-bond donors (Lipinski definition) is 6. The minimum absolute atomic E-state index is 0.0266. The summed E-state index contributed by atoms with van der Waals surface area (Å²) in [5, 5.41) is 27.5. The van der Waals surface area contributed by atoms with Gasteiger partial charge in [-0.3, -0.25) is 23.6 Å². The van der Waals surface area contributed by atoms with E-state index in [4.69, 9.17) is 5.73 Å². The first-order valence-corrected chi connectivity index (χ1v) is 13.6. The Morgan fingerprint density at radius 2 is 1.82 bits per heavy atom. The molecule has 2 aromatic heterocycles.